The molecule has 0 radical (unpaired) electrons. The Morgan fingerprint density at radius 2 is 1.60 bits per heavy atom. The van der Waals surface area contributed by atoms with Crippen LogP contribution >= 0.6 is 45.2 Å². The molecule has 0 aromatic carbocycles. The summed E-state index contributed by atoms with van der Waals surface area (Å²) in [5.41, 5.74) is 0. The highest BCUT2D eigenvalue weighted by Gasteiger charge is 1.98. The molecule has 0 aliphatic rings. The first kappa shape index (κ1) is 8.06. The fourth-order valence-corrected chi connectivity index (χ4v) is 1.75. The van der Waals surface area contributed by atoms with Gasteiger partial charge >= 0.3 is 0 Å². The van der Waals surface area contributed by atoms with Gasteiger partial charge in [-0.15, -0.1) is 0 Å². The van der Waals surface area contributed by atoms with E-state index in [0.29, 0.717) is 7.66 Å². The van der Waals surface area contributed by atoms with E-state index in [2.05, 4.69) is 15.0 Å². The van der Waals surface area contributed by atoms with Crippen LogP contribution in [0.2, 0.25) is 0 Å². The lowest BCUT2D eigenvalue weighted by molar-refractivity contribution is 0.942. The number of halogens is 2. The largest absolute Gasteiger partial charge is 0.237 e. The summed E-state index contributed by atoms with van der Waals surface area (Å²) in [7, 11) is 0. The Morgan fingerprint density at radius 3 is 2.00 bits per heavy atom. The number of hydrogen-bond acceptors (Lipinski definition) is 4. The second-order valence-electron chi connectivity index (χ2n) is 1.31. The van der Waals surface area contributed by atoms with Crippen LogP contribution in [0, 0.1) is 19.0 Å². The van der Waals surface area contributed by atoms with Crippen molar-refractivity contribution in [3.05, 3.63) is 13.5 Å². The first-order valence-electron chi connectivity index (χ1n) is 2.19. The minimum Gasteiger partial charge on any atom is -0.197 e. The molecule has 0 saturated heterocycles. The molecule has 0 aliphatic carbocycles. The van der Waals surface area contributed by atoms with Crippen LogP contribution in [0.25, 0.3) is 0 Å². The predicted molar refractivity (Wildman–Crippen MR) is 50.0 cm³/mol. The predicted octanol–water partition coefficient (Wildman–Crippen LogP) is 0.952. The van der Waals surface area contributed by atoms with Crippen LogP contribution in [0.5, 0.6) is 0 Å². The lowest BCUT2D eigenvalue weighted by Crippen LogP contribution is -1.98. The molecule has 0 aliphatic heterocycles. The van der Waals surface area contributed by atoms with E-state index in [0.717, 1.165) is 0 Å². The minimum atomic E-state index is 0.170. The summed E-state index contributed by atoms with van der Waals surface area (Å²) in [6.45, 7) is 0. The molecule has 0 spiro atoms. The van der Waals surface area contributed by atoms with E-state index < -0.39 is 0 Å². The van der Waals surface area contributed by atoms with Crippen LogP contribution in [0.1, 0.15) is 5.82 Å². The molecule has 10 heavy (non-hydrogen) atoms. The van der Waals surface area contributed by atoms with Gasteiger partial charge in [0.25, 0.3) is 0 Å². The molecule has 0 N–H and O–H groups in total. The van der Waals surface area contributed by atoms with Crippen molar-refractivity contribution in [2.45, 2.75) is 0 Å². The maximum absolute atomic E-state index is 8.38. The van der Waals surface area contributed by atoms with E-state index in [1.54, 1.807) is 0 Å². The van der Waals surface area contributed by atoms with Crippen molar-refractivity contribution in [1.29, 1.82) is 5.26 Å². The quantitative estimate of drug-likeness (QED) is 0.649. The van der Waals surface area contributed by atoms with Gasteiger partial charge in [-0.25, -0.2) is 0 Å². The fourth-order valence-electron chi connectivity index (χ4n) is 0.376. The third-order valence-electron chi connectivity index (χ3n) is 0.681. The zero-order valence-electron chi connectivity index (χ0n) is 4.54. The smallest absolute Gasteiger partial charge is 0.197 e. The van der Waals surface area contributed by atoms with Crippen molar-refractivity contribution < 1.29 is 0 Å². The summed E-state index contributed by atoms with van der Waals surface area (Å²) >= 11 is 3.87. The van der Waals surface area contributed by atoms with Crippen molar-refractivity contribution in [2.75, 3.05) is 0 Å². The number of nitrogens with zero attached hydrogens (tertiary/aromatic N) is 4. The highest BCUT2D eigenvalue weighted by molar-refractivity contribution is 14.1. The van der Waals surface area contributed by atoms with Crippen molar-refractivity contribution >= 4 is 45.2 Å². The van der Waals surface area contributed by atoms with Crippen LogP contribution < -0.4 is 0 Å². The number of nitriles is 1. The van der Waals surface area contributed by atoms with Gasteiger partial charge in [-0.2, -0.15) is 20.2 Å². The van der Waals surface area contributed by atoms with E-state index in [4.69, 9.17) is 5.26 Å². The van der Waals surface area contributed by atoms with E-state index in [1.165, 1.54) is 0 Å². The number of rotatable bonds is 0. The van der Waals surface area contributed by atoms with Gasteiger partial charge in [0, 0.05) is 45.2 Å². The van der Waals surface area contributed by atoms with Crippen molar-refractivity contribution in [1.82, 2.24) is 15.0 Å². The third kappa shape index (κ3) is 1.98. The molecule has 1 aromatic heterocycles. The summed E-state index contributed by atoms with van der Waals surface area (Å²) in [4.78, 5) is 11.4. The molecule has 50 valence electrons. The number of hydrogen-bond donors (Lipinski definition) is 0. The highest BCUT2D eigenvalue weighted by Crippen LogP contribution is 2.00. The molecular formula is C4I2N4. The summed E-state index contributed by atoms with van der Waals surface area (Å²) < 4.78 is 1.10. The van der Waals surface area contributed by atoms with Gasteiger partial charge in [-0.3, -0.25) is 0 Å². The van der Waals surface area contributed by atoms with Gasteiger partial charge in [0.1, 0.15) is 6.07 Å². The Morgan fingerprint density at radius 1 is 1.10 bits per heavy atom. The second-order valence-corrected chi connectivity index (χ2v) is 3.24. The van der Waals surface area contributed by atoms with Crippen LogP contribution in [0.4, 0.5) is 0 Å². The SMILES string of the molecule is N#Cc1nc(I)nc(I)n1. The van der Waals surface area contributed by atoms with Gasteiger partial charge in [0.2, 0.25) is 5.82 Å². The van der Waals surface area contributed by atoms with Gasteiger partial charge in [0.05, 0.1) is 0 Å². The Kier molecular flexibility index (Phi) is 2.72. The lowest BCUT2D eigenvalue weighted by Gasteiger charge is -1.89. The average Bonchev–Trinajstić information content (AvgIpc) is 1.85. The third-order valence-corrected chi connectivity index (χ3v) is 1.65. The lowest BCUT2D eigenvalue weighted by atomic mass is 10.7. The average molecular weight is 358 g/mol. The Bertz CT molecular complexity index is 272. The van der Waals surface area contributed by atoms with Crippen LogP contribution in [0.3, 0.4) is 0 Å². The highest BCUT2D eigenvalue weighted by atomic mass is 127. The number of aromatic nitrogens is 3. The van der Waals surface area contributed by atoms with E-state index in [-0.39, 0.29) is 5.82 Å². The first-order chi connectivity index (χ1) is 4.72. The zero-order valence-corrected chi connectivity index (χ0v) is 8.86. The van der Waals surface area contributed by atoms with E-state index in [9.17, 15) is 0 Å². The van der Waals surface area contributed by atoms with Crippen molar-refractivity contribution in [3.8, 4) is 6.07 Å². The maximum Gasteiger partial charge on any atom is 0.237 e. The Balaban J connectivity index is 3.22. The summed E-state index contributed by atoms with van der Waals surface area (Å²) in [5.74, 6) is 0.170. The van der Waals surface area contributed by atoms with Gasteiger partial charge in [-0.1, -0.05) is 0 Å². The summed E-state index contributed by atoms with van der Waals surface area (Å²) in [6, 6.07) is 1.84. The van der Waals surface area contributed by atoms with Crippen molar-refractivity contribution in [2.24, 2.45) is 0 Å². The van der Waals surface area contributed by atoms with Crippen LogP contribution in [-0.2, 0) is 0 Å². The van der Waals surface area contributed by atoms with Gasteiger partial charge in [-0.05, 0) is 0 Å². The monoisotopic (exact) mass is 358 g/mol. The van der Waals surface area contributed by atoms with Crippen LogP contribution in [0.15, 0.2) is 0 Å². The topological polar surface area (TPSA) is 62.5 Å². The molecule has 1 aromatic rings. The molecule has 0 atom stereocenters. The molecule has 4 nitrogen and oxygen atoms in total. The molecule has 1 heterocycles. The van der Waals surface area contributed by atoms with E-state index >= 15 is 0 Å². The molecule has 0 bridgehead atoms. The normalized spacial score (nSPS) is 8.90. The first-order valence-corrected chi connectivity index (χ1v) is 4.35. The summed E-state index contributed by atoms with van der Waals surface area (Å²) in [5, 5.41) is 8.38. The fraction of sp³-hybridized carbons (Fsp3) is 0. The van der Waals surface area contributed by atoms with Crippen LogP contribution in [-0.4, -0.2) is 15.0 Å². The Hall–Kier alpha value is -0.0400. The molecule has 1 rings (SSSR count). The molecule has 0 unspecified atom stereocenters. The maximum atomic E-state index is 8.38. The zero-order chi connectivity index (χ0) is 7.56. The Labute approximate surface area is 84.4 Å². The molecule has 6 heteroatoms. The van der Waals surface area contributed by atoms with E-state index in [1.807, 2.05) is 51.3 Å². The van der Waals surface area contributed by atoms with Crippen molar-refractivity contribution in [3.63, 3.8) is 0 Å². The standard InChI is InChI=1S/C4I2N4/c5-3-8-2(1-7)9-4(6)10-3. The van der Waals surface area contributed by atoms with Gasteiger partial charge < -0.3 is 0 Å². The second kappa shape index (κ2) is 3.38. The molecule has 0 saturated carbocycles. The molecule has 0 fully saturated rings. The summed E-state index contributed by atoms with van der Waals surface area (Å²) in [6.07, 6.45) is 0. The van der Waals surface area contributed by atoms with Gasteiger partial charge in [0.15, 0.2) is 7.66 Å². The minimum absolute atomic E-state index is 0.170. The molecule has 0 amide bonds. The molecular weight excluding hydrogens is 358 g/mol.